The van der Waals surface area contributed by atoms with Gasteiger partial charge in [-0.1, -0.05) is 6.92 Å². The minimum atomic E-state index is -0.110. The van der Waals surface area contributed by atoms with Crippen LogP contribution in [0.5, 0.6) is 0 Å². The molecule has 0 bridgehead atoms. The Morgan fingerprint density at radius 3 is 2.75 bits per heavy atom. The number of nitrogens with zero attached hydrogens (tertiary/aromatic N) is 1. The summed E-state index contributed by atoms with van der Waals surface area (Å²) in [5.74, 6) is 0.0796. The molecule has 1 aromatic carbocycles. The van der Waals surface area contributed by atoms with Crippen LogP contribution in [0.1, 0.15) is 18.4 Å². The van der Waals surface area contributed by atoms with E-state index in [1.807, 2.05) is 26.4 Å². The lowest BCUT2D eigenvalue weighted by Gasteiger charge is -2.18. The number of fused-ring (bicyclic) bond motifs is 1. The van der Waals surface area contributed by atoms with Crippen molar-refractivity contribution in [2.24, 2.45) is 0 Å². The fraction of sp³-hybridized carbons (Fsp3) is 0.385. The highest BCUT2D eigenvalue weighted by Crippen LogP contribution is 2.28. The second kappa shape index (κ2) is 4.26. The molecule has 0 aliphatic rings. The maximum Gasteiger partial charge on any atom is 0.127 e. The molecule has 1 N–H and O–H groups in total. The summed E-state index contributed by atoms with van der Waals surface area (Å²) in [7, 11) is 4.01. The van der Waals surface area contributed by atoms with Crippen molar-refractivity contribution >= 4 is 10.9 Å². The largest absolute Gasteiger partial charge is 0.361 e. The quantitative estimate of drug-likeness (QED) is 0.842. The van der Waals surface area contributed by atoms with E-state index in [0.717, 1.165) is 23.0 Å². The van der Waals surface area contributed by atoms with Crippen LogP contribution < -0.4 is 0 Å². The van der Waals surface area contributed by atoms with Gasteiger partial charge in [0.15, 0.2) is 0 Å². The van der Waals surface area contributed by atoms with Gasteiger partial charge < -0.3 is 9.88 Å². The second-order valence-electron chi connectivity index (χ2n) is 4.56. The van der Waals surface area contributed by atoms with Crippen LogP contribution in [0.2, 0.25) is 0 Å². The molecular formula is C13H17FN2. The summed E-state index contributed by atoms with van der Waals surface area (Å²) >= 11 is 0. The van der Waals surface area contributed by atoms with E-state index in [1.54, 1.807) is 12.1 Å². The maximum absolute atomic E-state index is 13.9. The smallest absolute Gasteiger partial charge is 0.127 e. The van der Waals surface area contributed by atoms with Crippen LogP contribution in [0.3, 0.4) is 0 Å². The Bertz CT molecular complexity index is 488. The maximum atomic E-state index is 13.9. The molecule has 16 heavy (non-hydrogen) atoms. The molecule has 0 fully saturated rings. The van der Waals surface area contributed by atoms with Crippen LogP contribution in [0.15, 0.2) is 24.4 Å². The molecule has 0 saturated heterocycles. The third-order valence-electron chi connectivity index (χ3n) is 2.85. The minimum absolute atomic E-state index is 0.110. The molecule has 1 unspecified atom stereocenters. The van der Waals surface area contributed by atoms with Gasteiger partial charge in [0.1, 0.15) is 5.82 Å². The fourth-order valence-corrected chi connectivity index (χ4v) is 2.27. The third kappa shape index (κ3) is 1.95. The average molecular weight is 220 g/mol. The van der Waals surface area contributed by atoms with Crippen molar-refractivity contribution in [1.29, 1.82) is 0 Å². The van der Waals surface area contributed by atoms with Crippen molar-refractivity contribution in [3.05, 3.63) is 35.8 Å². The Kier molecular flexibility index (Phi) is 2.97. The first-order valence-corrected chi connectivity index (χ1v) is 5.50. The molecule has 0 aliphatic carbocycles. The van der Waals surface area contributed by atoms with Crippen LogP contribution in [0.4, 0.5) is 4.39 Å². The number of rotatable bonds is 3. The Morgan fingerprint density at radius 2 is 2.06 bits per heavy atom. The zero-order chi connectivity index (χ0) is 11.7. The third-order valence-corrected chi connectivity index (χ3v) is 2.85. The van der Waals surface area contributed by atoms with Crippen LogP contribution in [0, 0.1) is 5.82 Å². The number of nitrogens with one attached hydrogen (secondary N) is 1. The number of hydrogen-bond acceptors (Lipinski definition) is 1. The van der Waals surface area contributed by atoms with E-state index in [0.29, 0.717) is 0 Å². The molecule has 1 aromatic heterocycles. The van der Waals surface area contributed by atoms with Crippen LogP contribution in [-0.4, -0.2) is 30.5 Å². The number of halogens is 1. The highest BCUT2D eigenvalue weighted by atomic mass is 19.1. The number of aromatic nitrogens is 1. The van der Waals surface area contributed by atoms with Gasteiger partial charge in [-0.3, -0.25) is 0 Å². The molecule has 2 rings (SSSR count). The van der Waals surface area contributed by atoms with Gasteiger partial charge in [-0.25, -0.2) is 4.39 Å². The van der Waals surface area contributed by atoms with E-state index < -0.39 is 0 Å². The van der Waals surface area contributed by atoms with Crippen molar-refractivity contribution in [3.8, 4) is 0 Å². The summed E-state index contributed by atoms with van der Waals surface area (Å²) in [6, 6.07) is 5.27. The SMILES string of the molecule is CC(CN(C)C)c1c(F)ccc2[nH]ccc12. The summed E-state index contributed by atoms with van der Waals surface area (Å²) < 4.78 is 13.9. The van der Waals surface area contributed by atoms with Crippen molar-refractivity contribution in [3.63, 3.8) is 0 Å². The molecule has 0 radical (unpaired) electrons. The molecule has 1 heterocycles. The highest BCUT2D eigenvalue weighted by molar-refractivity contribution is 5.83. The lowest BCUT2D eigenvalue weighted by Crippen LogP contribution is -2.19. The zero-order valence-electron chi connectivity index (χ0n) is 9.92. The monoisotopic (exact) mass is 220 g/mol. The summed E-state index contributed by atoms with van der Waals surface area (Å²) in [6.45, 7) is 2.91. The number of likely N-dealkylation sites (N-methyl/N-ethyl adjacent to an activating group) is 1. The average Bonchev–Trinajstić information content (AvgIpc) is 2.63. The van der Waals surface area contributed by atoms with Gasteiger partial charge in [0.25, 0.3) is 0 Å². The van der Waals surface area contributed by atoms with E-state index in [2.05, 4.69) is 16.8 Å². The molecule has 3 heteroatoms. The summed E-state index contributed by atoms with van der Waals surface area (Å²) in [6.07, 6.45) is 1.86. The van der Waals surface area contributed by atoms with Gasteiger partial charge >= 0.3 is 0 Å². The molecule has 0 amide bonds. The number of benzene rings is 1. The number of H-pyrrole nitrogens is 1. The van der Waals surface area contributed by atoms with Crippen molar-refractivity contribution in [2.75, 3.05) is 20.6 Å². The summed E-state index contributed by atoms with van der Waals surface area (Å²) in [5, 5.41) is 0.995. The van der Waals surface area contributed by atoms with Gasteiger partial charge in [-0.15, -0.1) is 0 Å². The zero-order valence-corrected chi connectivity index (χ0v) is 9.92. The molecule has 0 spiro atoms. The van der Waals surface area contributed by atoms with Crippen LogP contribution in [0.25, 0.3) is 10.9 Å². The Morgan fingerprint density at radius 1 is 1.31 bits per heavy atom. The highest BCUT2D eigenvalue weighted by Gasteiger charge is 2.15. The molecular weight excluding hydrogens is 203 g/mol. The van der Waals surface area contributed by atoms with Crippen molar-refractivity contribution < 1.29 is 4.39 Å². The molecule has 0 saturated carbocycles. The first-order chi connectivity index (χ1) is 7.59. The number of hydrogen-bond donors (Lipinski definition) is 1. The predicted molar refractivity (Wildman–Crippen MR) is 65.2 cm³/mol. The second-order valence-corrected chi connectivity index (χ2v) is 4.56. The molecule has 1 atom stereocenters. The normalized spacial score (nSPS) is 13.6. The Hall–Kier alpha value is -1.35. The number of aromatic amines is 1. The van der Waals surface area contributed by atoms with E-state index in [1.165, 1.54) is 0 Å². The standard InChI is InChI=1S/C13H17FN2/c1-9(8-16(2)3)13-10-6-7-15-12(10)5-4-11(13)14/h4-7,9,15H,8H2,1-3H3. The van der Waals surface area contributed by atoms with E-state index in [9.17, 15) is 4.39 Å². The molecule has 0 aliphatic heterocycles. The van der Waals surface area contributed by atoms with E-state index in [-0.39, 0.29) is 11.7 Å². The van der Waals surface area contributed by atoms with Crippen molar-refractivity contribution in [2.45, 2.75) is 12.8 Å². The van der Waals surface area contributed by atoms with Gasteiger partial charge in [-0.05, 0) is 38.2 Å². The molecule has 86 valence electrons. The minimum Gasteiger partial charge on any atom is -0.361 e. The Labute approximate surface area is 95.1 Å². The Balaban J connectivity index is 2.48. The van der Waals surface area contributed by atoms with Gasteiger partial charge in [0, 0.05) is 29.2 Å². The van der Waals surface area contributed by atoms with E-state index in [4.69, 9.17) is 0 Å². The summed E-state index contributed by atoms with van der Waals surface area (Å²) in [4.78, 5) is 5.19. The lowest BCUT2D eigenvalue weighted by molar-refractivity contribution is 0.379. The molecule has 2 nitrogen and oxygen atoms in total. The first-order valence-electron chi connectivity index (χ1n) is 5.50. The van der Waals surface area contributed by atoms with Crippen LogP contribution in [-0.2, 0) is 0 Å². The first kappa shape index (κ1) is 11.1. The van der Waals surface area contributed by atoms with Gasteiger partial charge in [0.2, 0.25) is 0 Å². The topological polar surface area (TPSA) is 19.0 Å². The fourth-order valence-electron chi connectivity index (χ4n) is 2.27. The van der Waals surface area contributed by atoms with Crippen LogP contribution >= 0.6 is 0 Å². The van der Waals surface area contributed by atoms with Crippen molar-refractivity contribution in [1.82, 2.24) is 9.88 Å². The van der Waals surface area contributed by atoms with Gasteiger partial charge in [-0.2, -0.15) is 0 Å². The lowest BCUT2D eigenvalue weighted by atomic mass is 9.96. The van der Waals surface area contributed by atoms with E-state index >= 15 is 0 Å². The summed E-state index contributed by atoms with van der Waals surface area (Å²) in [5.41, 5.74) is 1.81. The van der Waals surface area contributed by atoms with Gasteiger partial charge in [0.05, 0.1) is 0 Å². The predicted octanol–water partition coefficient (Wildman–Crippen LogP) is 2.97. The molecule has 2 aromatic rings.